The second-order valence-corrected chi connectivity index (χ2v) is 3.81. The molecule has 16 heavy (non-hydrogen) atoms. The van der Waals surface area contributed by atoms with Gasteiger partial charge in [0.2, 0.25) is 5.89 Å². The number of rotatable bonds is 1. The monoisotopic (exact) mass is 213 g/mol. The van der Waals surface area contributed by atoms with Crippen molar-refractivity contribution in [3.8, 4) is 11.5 Å². The van der Waals surface area contributed by atoms with Gasteiger partial charge in [0.1, 0.15) is 12.3 Å². The number of benzene rings is 1. The van der Waals surface area contributed by atoms with Gasteiger partial charge < -0.3 is 9.15 Å². The third-order valence-electron chi connectivity index (χ3n) is 2.56. The highest BCUT2D eigenvalue weighted by Gasteiger charge is 2.15. The Morgan fingerprint density at radius 3 is 2.75 bits per heavy atom. The van der Waals surface area contributed by atoms with Crippen molar-refractivity contribution in [2.24, 2.45) is 0 Å². The fourth-order valence-electron chi connectivity index (χ4n) is 1.65. The minimum Gasteiger partial charge on any atom is -0.495 e. The zero-order valence-electron chi connectivity index (χ0n) is 8.93. The Morgan fingerprint density at radius 1 is 1.19 bits per heavy atom. The van der Waals surface area contributed by atoms with Gasteiger partial charge in [-0.15, -0.1) is 0 Å². The average Bonchev–Trinajstić information content (AvgIpc) is 2.73. The van der Waals surface area contributed by atoms with Crippen molar-refractivity contribution in [2.75, 3.05) is 0 Å². The molecule has 2 aromatic rings. The molecule has 3 nitrogen and oxygen atoms in total. The Hall–Kier alpha value is -2.03. The molecule has 0 atom stereocenters. The lowest BCUT2D eigenvalue weighted by atomic mass is 10.1. The predicted octanol–water partition coefficient (Wildman–Crippen LogP) is 3.15. The third-order valence-corrected chi connectivity index (χ3v) is 2.56. The number of oxazole rings is 1. The van der Waals surface area contributed by atoms with Crippen LogP contribution in [0.15, 0.2) is 34.9 Å². The van der Waals surface area contributed by atoms with Gasteiger partial charge in [-0.25, -0.2) is 4.98 Å². The average molecular weight is 213 g/mol. The van der Waals surface area contributed by atoms with E-state index in [1.807, 2.05) is 24.3 Å². The minimum atomic E-state index is 0.487. The van der Waals surface area contributed by atoms with E-state index in [-0.39, 0.29) is 0 Å². The van der Waals surface area contributed by atoms with E-state index >= 15 is 0 Å². The fraction of sp³-hybridized carbons (Fsp3) is 0.154. The van der Waals surface area contributed by atoms with Crippen LogP contribution in [0.4, 0.5) is 0 Å². The molecule has 0 bridgehead atoms. The van der Waals surface area contributed by atoms with Crippen molar-refractivity contribution in [1.82, 2.24) is 4.98 Å². The molecule has 80 valence electrons. The lowest BCUT2D eigenvalue weighted by Crippen LogP contribution is -1.93. The minimum absolute atomic E-state index is 0.487. The maximum Gasteiger partial charge on any atom is 0.227 e. The van der Waals surface area contributed by atoms with Crippen molar-refractivity contribution >= 4 is 6.08 Å². The fourth-order valence-corrected chi connectivity index (χ4v) is 1.65. The second-order valence-electron chi connectivity index (χ2n) is 3.81. The summed E-state index contributed by atoms with van der Waals surface area (Å²) in [6.07, 6.45) is 3.43. The molecule has 0 fully saturated rings. The first kappa shape index (κ1) is 9.21. The van der Waals surface area contributed by atoms with Crippen LogP contribution in [-0.2, 0) is 11.3 Å². The Balaban J connectivity index is 2.04. The zero-order valence-corrected chi connectivity index (χ0v) is 8.93. The summed E-state index contributed by atoms with van der Waals surface area (Å²) < 4.78 is 10.8. The van der Waals surface area contributed by atoms with E-state index in [1.165, 1.54) is 5.56 Å². The quantitative estimate of drug-likeness (QED) is 0.729. The molecule has 3 heteroatoms. The molecule has 0 radical (unpaired) electrons. The van der Waals surface area contributed by atoms with Crippen LogP contribution >= 0.6 is 0 Å². The summed E-state index contributed by atoms with van der Waals surface area (Å²) in [4.78, 5) is 4.41. The molecule has 1 aromatic carbocycles. The van der Waals surface area contributed by atoms with Crippen LogP contribution in [0, 0.1) is 6.92 Å². The first-order valence-electron chi connectivity index (χ1n) is 5.18. The van der Waals surface area contributed by atoms with Gasteiger partial charge in [0.05, 0.1) is 6.26 Å². The Kier molecular flexibility index (Phi) is 2.03. The Labute approximate surface area is 93.4 Å². The maximum absolute atomic E-state index is 5.65. The smallest absolute Gasteiger partial charge is 0.227 e. The van der Waals surface area contributed by atoms with Crippen molar-refractivity contribution in [3.63, 3.8) is 0 Å². The van der Waals surface area contributed by atoms with Gasteiger partial charge in [0.25, 0.3) is 0 Å². The highest BCUT2D eigenvalue weighted by molar-refractivity contribution is 5.57. The molecule has 0 N–H and O–H groups in total. The Bertz CT molecular complexity index is 538. The van der Waals surface area contributed by atoms with Crippen molar-refractivity contribution in [3.05, 3.63) is 47.5 Å². The predicted molar refractivity (Wildman–Crippen MR) is 60.5 cm³/mol. The van der Waals surface area contributed by atoms with E-state index in [9.17, 15) is 0 Å². The summed E-state index contributed by atoms with van der Waals surface area (Å²) in [5.74, 6) is 1.45. The molecular formula is C13H11NO2. The maximum atomic E-state index is 5.65. The third kappa shape index (κ3) is 1.50. The van der Waals surface area contributed by atoms with Crippen LogP contribution in [-0.4, -0.2) is 4.98 Å². The van der Waals surface area contributed by atoms with E-state index in [1.54, 1.807) is 12.3 Å². The highest BCUT2D eigenvalue weighted by Crippen LogP contribution is 2.25. The molecule has 0 unspecified atom stereocenters. The topological polar surface area (TPSA) is 35.3 Å². The van der Waals surface area contributed by atoms with Gasteiger partial charge in [0.15, 0.2) is 5.76 Å². The molecule has 0 aliphatic carbocycles. The summed E-state index contributed by atoms with van der Waals surface area (Å²) in [6.45, 7) is 2.54. The number of fused-ring (bicyclic) bond motifs is 1. The molecule has 3 rings (SSSR count). The molecular weight excluding hydrogens is 202 g/mol. The zero-order chi connectivity index (χ0) is 11.0. The summed E-state index contributed by atoms with van der Waals surface area (Å²) >= 11 is 0. The number of aryl methyl sites for hydroxylation is 1. The second kappa shape index (κ2) is 3.52. The van der Waals surface area contributed by atoms with Crippen LogP contribution in [0.25, 0.3) is 17.5 Å². The van der Waals surface area contributed by atoms with Crippen molar-refractivity contribution < 1.29 is 9.15 Å². The largest absolute Gasteiger partial charge is 0.495 e. The van der Waals surface area contributed by atoms with Crippen LogP contribution in [0.5, 0.6) is 0 Å². The molecule has 1 aromatic heterocycles. The van der Waals surface area contributed by atoms with Gasteiger partial charge >= 0.3 is 0 Å². The van der Waals surface area contributed by atoms with E-state index in [0.717, 1.165) is 17.0 Å². The van der Waals surface area contributed by atoms with Gasteiger partial charge in [0, 0.05) is 11.6 Å². The number of hydrogen-bond donors (Lipinski definition) is 0. The molecule has 0 saturated heterocycles. The van der Waals surface area contributed by atoms with E-state index in [4.69, 9.17) is 9.15 Å². The van der Waals surface area contributed by atoms with Crippen molar-refractivity contribution in [1.29, 1.82) is 0 Å². The first-order valence-corrected chi connectivity index (χ1v) is 5.18. The van der Waals surface area contributed by atoms with Crippen LogP contribution in [0.1, 0.15) is 17.0 Å². The summed E-state index contributed by atoms with van der Waals surface area (Å²) in [5.41, 5.74) is 3.08. The molecule has 1 aliphatic heterocycles. The Morgan fingerprint density at radius 2 is 2.00 bits per heavy atom. The molecule has 0 saturated carbocycles. The first-order chi connectivity index (χ1) is 7.83. The molecule has 2 heterocycles. The van der Waals surface area contributed by atoms with Crippen LogP contribution < -0.4 is 0 Å². The molecule has 0 spiro atoms. The normalized spacial score (nSPS) is 13.3. The van der Waals surface area contributed by atoms with Gasteiger partial charge in [-0.05, 0) is 19.1 Å². The van der Waals surface area contributed by atoms with E-state index in [0.29, 0.717) is 12.5 Å². The van der Waals surface area contributed by atoms with Crippen LogP contribution in [0.3, 0.4) is 0 Å². The summed E-state index contributed by atoms with van der Waals surface area (Å²) in [7, 11) is 0. The van der Waals surface area contributed by atoms with E-state index in [2.05, 4.69) is 11.9 Å². The SMILES string of the molecule is Cc1ccc(-c2nc3c(o2)C=COC3)cc1. The summed E-state index contributed by atoms with van der Waals surface area (Å²) in [6, 6.07) is 8.12. The van der Waals surface area contributed by atoms with Gasteiger partial charge in [-0.3, -0.25) is 0 Å². The highest BCUT2D eigenvalue weighted by atomic mass is 16.5. The number of ether oxygens (including phenoxy) is 1. The lowest BCUT2D eigenvalue weighted by molar-refractivity contribution is 0.228. The van der Waals surface area contributed by atoms with Crippen molar-refractivity contribution in [2.45, 2.75) is 13.5 Å². The standard InChI is InChI=1S/C13H11NO2/c1-9-2-4-10(5-3-9)13-14-11-8-15-7-6-12(11)16-13/h2-7H,8H2,1H3. The van der Waals surface area contributed by atoms with Gasteiger partial charge in [-0.2, -0.15) is 0 Å². The van der Waals surface area contributed by atoms with Gasteiger partial charge in [-0.1, -0.05) is 17.7 Å². The molecule has 1 aliphatic rings. The van der Waals surface area contributed by atoms with E-state index < -0.39 is 0 Å². The summed E-state index contributed by atoms with van der Waals surface area (Å²) in [5, 5.41) is 0. The molecule has 0 amide bonds. The van der Waals surface area contributed by atoms with Crippen LogP contribution in [0.2, 0.25) is 0 Å². The lowest BCUT2D eigenvalue weighted by Gasteiger charge is -2.01. The number of aromatic nitrogens is 1. The number of hydrogen-bond acceptors (Lipinski definition) is 3. The number of nitrogens with zero attached hydrogens (tertiary/aromatic N) is 1.